The predicted molar refractivity (Wildman–Crippen MR) is 212 cm³/mol. The second-order valence-corrected chi connectivity index (χ2v) is 14.7. The average Bonchev–Trinajstić information content (AvgIpc) is 3.18. The second kappa shape index (κ2) is 24.0. The van der Waals surface area contributed by atoms with Gasteiger partial charge in [0.15, 0.2) is 6.29 Å². The summed E-state index contributed by atoms with van der Waals surface area (Å²) in [5.74, 6) is -1.25. The fourth-order valence-corrected chi connectivity index (χ4v) is 7.05. The van der Waals surface area contributed by atoms with E-state index in [2.05, 4.69) is 60.5 Å². The van der Waals surface area contributed by atoms with Gasteiger partial charge in [-0.25, -0.2) is 0 Å². The number of amides is 1. The minimum absolute atomic E-state index is 0.0125. The summed E-state index contributed by atoms with van der Waals surface area (Å²) < 4.78 is 13.5. The van der Waals surface area contributed by atoms with E-state index in [0.29, 0.717) is 6.54 Å². The molecule has 8 heteroatoms. The van der Waals surface area contributed by atoms with Crippen molar-refractivity contribution in [2.75, 3.05) is 19.6 Å². The van der Waals surface area contributed by atoms with Crippen LogP contribution in [0.25, 0.3) is 11.1 Å². The summed E-state index contributed by atoms with van der Waals surface area (Å²) in [4.78, 5) is 25.5. The molecule has 1 fully saturated rings. The lowest BCUT2D eigenvalue weighted by Crippen LogP contribution is -2.40. The summed E-state index contributed by atoms with van der Waals surface area (Å²) in [6, 6.07) is 24.5. The third-order valence-corrected chi connectivity index (χ3v) is 10.2. The molecule has 0 saturated carbocycles. The van der Waals surface area contributed by atoms with Crippen molar-refractivity contribution in [2.24, 2.45) is 0 Å². The molecule has 0 spiro atoms. The lowest BCUT2D eigenvalue weighted by atomic mass is 9.98. The van der Waals surface area contributed by atoms with Crippen LogP contribution in [0.5, 0.6) is 0 Å². The number of nitrogens with one attached hydrogen (secondary N) is 1. The van der Waals surface area contributed by atoms with Crippen LogP contribution in [0.3, 0.4) is 0 Å². The smallest absolute Gasteiger partial charge is 0.303 e. The number of carbonyl (C=O) groups is 2. The highest BCUT2D eigenvalue weighted by molar-refractivity contribution is 5.80. The van der Waals surface area contributed by atoms with Crippen LogP contribution in [0.1, 0.15) is 145 Å². The maximum Gasteiger partial charge on any atom is 0.303 e. The first-order chi connectivity index (χ1) is 25.9. The van der Waals surface area contributed by atoms with Crippen molar-refractivity contribution in [3.63, 3.8) is 0 Å². The van der Waals surface area contributed by atoms with E-state index in [1.54, 1.807) is 0 Å². The molecule has 1 amide bonds. The normalized spacial score (nSPS) is 17.2. The summed E-state index contributed by atoms with van der Waals surface area (Å²) in [6.07, 6.45) is 15.4. The van der Waals surface area contributed by atoms with E-state index in [4.69, 9.17) is 14.6 Å². The van der Waals surface area contributed by atoms with Gasteiger partial charge in [-0.15, -0.1) is 0 Å². The van der Waals surface area contributed by atoms with E-state index in [0.717, 1.165) is 59.4 Å². The number of aliphatic hydroxyl groups excluding tert-OH is 1. The van der Waals surface area contributed by atoms with Crippen LogP contribution in [0, 0.1) is 0 Å². The van der Waals surface area contributed by atoms with E-state index < -0.39 is 12.3 Å². The SMILES string of the molecule is CCCCCCCCN(CCCCCCCC)CC1CC(c2ccc(CO)cc2)OC(c2ccc(-c3cccc(CNC(=O)CCC(=O)O)c3)cc2)O1. The first-order valence-corrected chi connectivity index (χ1v) is 20.3. The Labute approximate surface area is 318 Å². The fraction of sp³-hybridized carbons (Fsp3) is 0.556. The first kappa shape index (κ1) is 42.2. The number of carboxylic acids is 1. The summed E-state index contributed by atoms with van der Waals surface area (Å²) >= 11 is 0. The van der Waals surface area contributed by atoms with Gasteiger partial charge in [-0.1, -0.05) is 145 Å². The van der Waals surface area contributed by atoms with Gasteiger partial charge in [0, 0.05) is 31.5 Å². The number of hydrogen-bond donors (Lipinski definition) is 3. The van der Waals surface area contributed by atoms with E-state index in [-0.39, 0.29) is 37.6 Å². The fourth-order valence-electron chi connectivity index (χ4n) is 7.05. The topological polar surface area (TPSA) is 108 Å². The molecule has 1 aliphatic heterocycles. The summed E-state index contributed by atoms with van der Waals surface area (Å²) in [6.45, 7) is 7.97. The zero-order chi connectivity index (χ0) is 37.7. The highest BCUT2D eigenvalue weighted by Crippen LogP contribution is 2.39. The second-order valence-electron chi connectivity index (χ2n) is 14.7. The molecule has 3 unspecified atom stereocenters. The highest BCUT2D eigenvalue weighted by Gasteiger charge is 2.33. The molecule has 290 valence electrons. The molecule has 8 nitrogen and oxygen atoms in total. The van der Waals surface area contributed by atoms with Gasteiger partial charge in [-0.05, 0) is 59.8 Å². The number of ether oxygens (including phenoxy) is 2. The van der Waals surface area contributed by atoms with Crippen LogP contribution in [0.15, 0.2) is 72.8 Å². The van der Waals surface area contributed by atoms with E-state index in [9.17, 15) is 14.7 Å². The molecule has 1 saturated heterocycles. The Balaban J connectivity index is 1.46. The van der Waals surface area contributed by atoms with Gasteiger partial charge in [0.1, 0.15) is 0 Å². The number of rotatable bonds is 25. The number of nitrogens with zero attached hydrogens (tertiary/aromatic N) is 1. The third-order valence-electron chi connectivity index (χ3n) is 10.2. The van der Waals surface area contributed by atoms with E-state index in [1.165, 1.54) is 77.0 Å². The maximum atomic E-state index is 12.1. The Kier molecular flexibility index (Phi) is 19.1. The molecule has 3 aromatic carbocycles. The van der Waals surface area contributed by atoms with Gasteiger partial charge in [0.05, 0.1) is 25.2 Å². The molecule has 0 aromatic heterocycles. The van der Waals surface area contributed by atoms with Gasteiger partial charge < -0.3 is 29.9 Å². The van der Waals surface area contributed by atoms with Crippen molar-refractivity contribution >= 4 is 11.9 Å². The Morgan fingerprint density at radius 2 is 1.34 bits per heavy atom. The minimum atomic E-state index is -0.980. The van der Waals surface area contributed by atoms with Crippen molar-refractivity contribution in [3.8, 4) is 11.1 Å². The average molecular weight is 729 g/mol. The van der Waals surface area contributed by atoms with Crippen LogP contribution in [-0.4, -0.2) is 52.7 Å². The molecular weight excluding hydrogens is 665 g/mol. The summed E-state index contributed by atoms with van der Waals surface area (Å²) in [5, 5.41) is 21.3. The molecule has 3 N–H and O–H groups in total. The van der Waals surface area contributed by atoms with Crippen molar-refractivity contribution in [2.45, 2.75) is 142 Å². The zero-order valence-electron chi connectivity index (χ0n) is 32.3. The van der Waals surface area contributed by atoms with Crippen LogP contribution < -0.4 is 5.32 Å². The number of benzene rings is 3. The number of unbranched alkanes of at least 4 members (excludes halogenated alkanes) is 10. The number of aliphatic carboxylic acids is 1. The van der Waals surface area contributed by atoms with Crippen molar-refractivity contribution in [1.29, 1.82) is 0 Å². The van der Waals surface area contributed by atoms with Gasteiger partial charge >= 0.3 is 5.97 Å². The largest absolute Gasteiger partial charge is 0.481 e. The number of aliphatic hydroxyl groups is 1. The third kappa shape index (κ3) is 15.4. The van der Waals surface area contributed by atoms with Crippen LogP contribution in [0.2, 0.25) is 0 Å². The Morgan fingerprint density at radius 3 is 1.96 bits per heavy atom. The lowest BCUT2D eigenvalue weighted by Gasteiger charge is -2.38. The molecule has 1 heterocycles. The van der Waals surface area contributed by atoms with Crippen molar-refractivity contribution < 1.29 is 29.3 Å². The summed E-state index contributed by atoms with van der Waals surface area (Å²) in [7, 11) is 0. The number of carbonyl (C=O) groups excluding carboxylic acids is 1. The van der Waals surface area contributed by atoms with Gasteiger partial charge in [0.2, 0.25) is 5.91 Å². The molecule has 3 aromatic rings. The molecule has 0 aliphatic carbocycles. The van der Waals surface area contributed by atoms with Crippen molar-refractivity contribution in [1.82, 2.24) is 10.2 Å². The van der Waals surface area contributed by atoms with E-state index in [1.807, 2.05) is 36.4 Å². The highest BCUT2D eigenvalue weighted by atomic mass is 16.7. The Morgan fingerprint density at radius 1 is 0.717 bits per heavy atom. The first-order valence-electron chi connectivity index (χ1n) is 20.3. The molecule has 1 aliphatic rings. The van der Waals surface area contributed by atoms with Gasteiger partial charge in [-0.2, -0.15) is 0 Å². The Bertz CT molecular complexity index is 1460. The lowest BCUT2D eigenvalue weighted by molar-refractivity contribution is -0.253. The molecule has 0 radical (unpaired) electrons. The van der Waals surface area contributed by atoms with Crippen molar-refractivity contribution in [3.05, 3.63) is 95.1 Å². The quantitative estimate of drug-likeness (QED) is 0.0746. The maximum absolute atomic E-state index is 12.1. The monoisotopic (exact) mass is 728 g/mol. The zero-order valence-corrected chi connectivity index (χ0v) is 32.3. The van der Waals surface area contributed by atoms with Gasteiger partial charge in [-0.3, -0.25) is 9.59 Å². The van der Waals surface area contributed by atoms with Crippen LogP contribution in [-0.2, 0) is 32.2 Å². The van der Waals surface area contributed by atoms with Crippen LogP contribution >= 0.6 is 0 Å². The Hall–Kier alpha value is -3.56. The standard InChI is InChI=1S/C45H64N2O6/c1-3-5-7-9-11-13-28-47(29-14-12-10-8-6-4-2)33-41-31-42(38-20-18-35(34-48)19-21-38)53-45(52-41)39-24-22-37(23-25-39)40-17-15-16-36(30-40)32-46-43(49)26-27-44(50)51/h15-25,30,41-42,45,48H,3-14,26-29,31-34H2,1-2H3,(H,46,49)(H,50,51). The molecule has 53 heavy (non-hydrogen) atoms. The number of hydrogen-bond acceptors (Lipinski definition) is 6. The van der Waals surface area contributed by atoms with E-state index >= 15 is 0 Å². The number of carboxylic acid groups (broad SMARTS) is 1. The molecule has 0 bridgehead atoms. The summed E-state index contributed by atoms with van der Waals surface area (Å²) in [5.41, 5.74) is 5.97. The molecule has 3 atom stereocenters. The minimum Gasteiger partial charge on any atom is -0.481 e. The van der Waals surface area contributed by atoms with Gasteiger partial charge in [0.25, 0.3) is 0 Å². The molecule has 4 rings (SSSR count). The molecular formula is C45H64N2O6. The van der Waals surface area contributed by atoms with Crippen LogP contribution in [0.4, 0.5) is 0 Å². The predicted octanol–water partition coefficient (Wildman–Crippen LogP) is 9.90.